The molecule has 22 heavy (non-hydrogen) atoms. The van der Waals surface area contributed by atoms with Gasteiger partial charge in [-0.05, 0) is 35.4 Å². The van der Waals surface area contributed by atoms with Crippen LogP contribution in [0.4, 0.5) is 0 Å². The number of rotatable bonds is 7. The molecule has 0 aliphatic heterocycles. The predicted octanol–water partition coefficient (Wildman–Crippen LogP) is 3.79. The average molecular weight is 316 g/mol. The molecule has 1 unspecified atom stereocenters. The van der Waals surface area contributed by atoms with Crippen LogP contribution in [0.15, 0.2) is 46.9 Å². The number of amides is 1. The summed E-state index contributed by atoms with van der Waals surface area (Å²) in [5.41, 5.74) is 3.59. The van der Waals surface area contributed by atoms with Gasteiger partial charge in [0.05, 0.1) is 6.21 Å². The Kier molecular flexibility index (Phi) is 6.15. The Bertz CT molecular complexity index is 623. The van der Waals surface area contributed by atoms with Crippen molar-refractivity contribution in [1.82, 2.24) is 5.43 Å². The first-order valence-electron chi connectivity index (χ1n) is 7.27. The number of carbonyl (C=O) groups is 1. The number of nitrogens with zero attached hydrogens (tertiary/aromatic N) is 1. The van der Waals surface area contributed by atoms with Crippen LogP contribution in [0.2, 0.25) is 0 Å². The van der Waals surface area contributed by atoms with Gasteiger partial charge in [0.1, 0.15) is 5.75 Å². The molecule has 0 fully saturated rings. The predicted molar refractivity (Wildman–Crippen MR) is 90.7 cm³/mol. The van der Waals surface area contributed by atoms with E-state index in [2.05, 4.69) is 24.4 Å². The number of hydrogen-bond acceptors (Lipinski definition) is 4. The Labute approximate surface area is 134 Å². The molecule has 0 saturated heterocycles. The molecular formula is C17H20N2O2S. The lowest BCUT2D eigenvalue weighted by Gasteiger charge is -2.15. The Balaban J connectivity index is 1.86. The minimum absolute atomic E-state index is 0.0464. The van der Waals surface area contributed by atoms with Gasteiger partial charge in [0, 0.05) is 4.88 Å². The maximum Gasteiger partial charge on any atom is 0.277 e. The number of ether oxygens (including phenoxy) is 1. The number of hydrazone groups is 1. The van der Waals surface area contributed by atoms with Crippen molar-refractivity contribution in [2.45, 2.75) is 26.2 Å². The van der Waals surface area contributed by atoms with E-state index >= 15 is 0 Å². The molecule has 1 aromatic heterocycles. The van der Waals surface area contributed by atoms with E-state index < -0.39 is 0 Å². The minimum Gasteiger partial charge on any atom is -0.483 e. The molecule has 0 saturated carbocycles. The lowest BCUT2D eigenvalue weighted by molar-refractivity contribution is -0.123. The van der Waals surface area contributed by atoms with Gasteiger partial charge >= 0.3 is 0 Å². The number of hydrogen-bond donors (Lipinski definition) is 1. The average Bonchev–Trinajstić information content (AvgIpc) is 3.06. The largest absolute Gasteiger partial charge is 0.483 e. The van der Waals surface area contributed by atoms with Gasteiger partial charge in [-0.1, -0.05) is 38.1 Å². The molecule has 2 rings (SSSR count). The fraction of sp³-hybridized carbons (Fsp3) is 0.294. The second kappa shape index (κ2) is 8.34. The van der Waals surface area contributed by atoms with E-state index in [1.165, 1.54) is 0 Å². The fourth-order valence-corrected chi connectivity index (χ4v) is 2.53. The first-order chi connectivity index (χ1) is 10.7. The van der Waals surface area contributed by atoms with Gasteiger partial charge in [0.15, 0.2) is 6.61 Å². The fourth-order valence-electron chi connectivity index (χ4n) is 1.95. The van der Waals surface area contributed by atoms with Crippen molar-refractivity contribution >= 4 is 23.5 Å². The molecule has 0 aliphatic rings. The summed E-state index contributed by atoms with van der Waals surface area (Å²) >= 11 is 1.56. The second-order valence-corrected chi connectivity index (χ2v) is 5.92. The number of nitrogens with one attached hydrogen (secondary N) is 1. The number of carbonyl (C=O) groups excluding carboxylic acids is 1. The molecule has 1 amide bonds. The molecule has 0 spiro atoms. The van der Waals surface area contributed by atoms with Crippen LogP contribution >= 0.6 is 11.3 Å². The summed E-state index contributed by atoms with van der Waals surface area (Å²) in [5.74, 6) is 0.886. The van der Waals surface area contributed by atoms with Crippen molar-refractivity contribution in [3.05, 3.63) is 52.2 Å². The van der Waals surface area contributed by atoms with Crippen LogP contribution in [-0.4, -0.2) is 18.7 Å². The molecular weight excluding hydrogens is 296 g/mol. The zero-order valence-corrected chi connectivity index (χ0v) is 13.6. The van der Waals surface area contributed by atoms with Gasteiger partial charge in [-0.25, -0.2) is 5.43 Å². The molecule has 1 aromatic carbocycles. The van der Waals surface area contributed by atoms with E-state index in [1.807, 2.05) is 41.8 Å². The van der Waals surface area contributed by atoms with Crippen molar-refractivity contribution in [2.24, 2.45) is 5.10 Å². The third-order valence-electron chi connectivity index (χ3n) is 3.35. The highest BCUT2D eigenvalue weighted by Crippen LogP contribution is 2.28. The summed E-state index contributed by atoms with van der Waals surface area (Å²) in [6.45, 7) is 4.23. The Morgan fingerprint density at radius 3 is 2.91 bits per heavy atom. The van der Waals surface area contributed by atoms with E-state index in [9.17, 15) is 4.79 Å². The highest BCUT2D eigenvalue weighted by Gasteiger charge is 2.10. The SMILES string of the molecule is CCC(C)c1ccccc1OCC(=O)N/N=C/c1cccs1. The van der Waals surface area contributed by atoms with Crippen molar-refractivity contribution in [3.63, 3.8) is 0 Å². The van der Waals surface area contributed by atoms with Gasteiger partial charge in [0.2, 0.25) is 0 Å². The Hall–Kier alpha value is -2.14. The lowest BCUT2D eigenvalue weighted by atomic mass is 9.98. The zero-order chi connectivity index (χ0) is 15.8. The third kappa shape index (κ3) is 4.70. The van der Waals surface area contributed by atoms with E-state index in [0.717, 1.165) is 22.6 Å². The van der Waals surface area contributed by atoms with Crippen molar-refractivity contribution in [2.75, 3.05) is 6.61 Å². The Morgan fingerprint density at radius 1 is 1.36 bits per heavy atom. The summed E-state index contributed by atoms with van der Waals surface area (Å²) in [4.78, 5) is 12.7. The van der Waals surface area contributed by atoms with Crippen molar-refractivity contribution in [1.29, 1.82) is 0 Å². The quantitative estimate of drug-likeness (QED) is 0.624. The monoisotopic (exact) mass is 316 g/mol. The molecule has 4 nitrogen and oxygen atoms in total. The van der Waals surface area contributed by atoms with Crippen LogP contribution in [0, 0.1) is 0 Å². The van der Waals surface area contributed by atoms with Gasteiger partial charge < -0.3 is 4.74 Å². The van der Waals surface area contributed by atoms with Crippen LogP contribution in [0.5, 0.6) is 5.75 Å². The van der Waals surface area contributed by atoms with Crippen LogP contribution in [0.25, 0.3) is 0 Å². The maximum atomic E-state index is 11.7. The smallest absolute Gasteiger partial charge is 0.277 e. The molecule has 0 aliphatic carbocycles. The van der Waals surface area contributed by atoms with E-state index in [0.29, 0.717) is 5.92 Å². The van der Waals surface area contributed by atoms with Crippen molar-refractivity contribution in [3.8, 4) is 5.75 Å². The van der Waals surface area contributed by atoms with E-state index in [1.54, 1.807) is 17.6 Å². The highest BCUT2D eigenvalue weighted by molar-refractivity contribution is 7.11. The summed E-state index contributed by atoms with van der Waals surface area (Å²) in [6.07, 6.45) is 2.65. The first kappa shape index (κ1) is 16.2. The van der Waals surface area contributed by atoms with Crippen molar-refractivity contribution < 1.29 is 9.53 Å². The molecule has 116 valence electrons. The first-order valence-corrected chi connectivity index (χ1v) is 8.15. The van der Waals surface area contributed by atoms with Crippen LogP contribution in [-0.2, 0) is 4.79 Å². The number of benzene rings is 1. The van der Waals surface area contributed by atoms with Crippen LogP contribution < -0.4 is 10.2 Å². The summed E-state index contributed by atoms with van der Waals surface area (Å²) in [7, 11) is 0. The highest BCUT2D eigenvalue weighted by atomic mass is 32.1. The number of para-hydroxylation sites is 1. The molecule has 1 N–H and O–H groups in total. The maximum absolute atomic E-state index is 11.7. The van der Waals surface area contributed by atoms with Gasteiger partial charge in [0.25, 0.3) is 5.91 Å². The summed E-state index contributed by atoms with van der Waals surface area (Å²) in [6, 6.07) is 11.7. The zero-order valence-electron chi connectivity index (χ0n) is 12.8. The molecule has 1 atom stereocenters. The molecule has 0 radical (unpaired) electrons. The van der Waals surface area contributed by atoms with Gasteiger partial charge in [-0.3, -0.25) is 4.79 Å². The second-order valence-electron chi connectivity index (χ2n) is 4.94. The third-order valence-corrected chi connectivity index (χ3v) is 4.15. The molecule has 0 bridgehead atoms. The van der Waals surface area contributed by atoms with Crippen LogP contribution in [0.3, 0.4) is 0 Å². The van der Waals surface area contributed by atoms with E-state index in [4.69, 9.17) is 4.74 Å². The normalized spacial score (nSPS) is 12.3. The molecule has 5 heteroatoms. The Morgan fingerprint density at radius 2 is 2.18 bits per heavy atom. The number of thiophene rings is 1. The summed E-state index contributed by atoms with van der Waals surface area (Å²) in [5, 5.41) is 5.86. The topological polar surface area (TPSA) is 50.7 Å². The standard InChI is InChI=1S/C17H20N2O2S/c1-3-13(2)15-8-4-5-9-16(15)21-12-17(20)19-18-11-14-7-6-10-22-14/h4-11,13H,3,12H2,1-2H3,(H,19,20)/b18-11+. The van der Waals surface area contributed by atoms with Gasteiger partial charge in [-0.15, -0.1) is 11.3 Å². The molecule has 2 aromatic rings. The van der Waals surface area contributed by atoms with Gasteiger partial charge in [-0.2, -0.15) is 5.10 Å². The van der Waals surface area contributed by atoms with E-state index in [-0.39, 0.29) is 12.5 Å². The van der Waals surface area contributed by atoms with Crippen LogP contribution in [0.1, 0.15) is 36.6 Å². The molecule has 1 heterocycles. The minimum atomic E-state index is -0.272. The summed E-state index contributed by atoms with van der Waals surface area (Å²) < 4.78 is 5.63. The lowest BCUT2D eigenvalue weighted by Crippen LogP contribution is -2.24.